The van der Waals surface area contributed by atoms with Gasteiger partial charge in [-0.3, -0.25) is 0 Å². The van der Waals surface area contributed by atoms with Crippen LogP contribution in [0.2, 0.25) is 0 Å². The summed E-state index contributed by atoms with van der Waals surface area (Å²) < 4.78 is 27.8. The van der Waals surface area contributed by atoms with Crippen LogP contribution in [0.4, 0.5) is 0 Å². The van der Waals surface area contributed by atoms with E-state index in [4.69, 9.17) is 16.9 Å². The smallest absolute Gasteiger partial charge is 0.179 e. The fraction of sp³-hybridized carbons (Fsp3) is 0.333. The van der Waals surface area contributed by atoms with Gasteiger partial charge in [-0.2, -0.15) is 0 Å². The predicted octanol–water partition coefficient (Wildman–Crippen LogP) is 2.14. The van der Waals surface area contributed by atoms with Crippen molar-refractivity contribution in [2.24, 2.45) is 0 Å². The van der Waals surface area contributed by atoms with Crippen LogP contribution in [0.15, 0.2) is 21.9 Å². The van der Waals surface area contributed by atoms with Crippen LogP contribution in [0, 0.1) is 6.92 Å². The molecule has 0 fully saturated rings. The zero-order valence-corrected chi connectivity index (χ0v) is 11.7. The van der Waals surface area contributed by atoms with E-state index < -0.39 is 9.84 Å². The van der Waals surface area contributed by atoms with Crippen LogP contribution in [-0.4, -0.2) is 30.4 Å². The molecule has 0 saturated carbocycles. The molecule has 1 aromatic rings. The van der Waals surface area contributed by atoms with E-state index in [2.05, 4.69) is 9.37 Å². The number of alkyl halides is 1. The van der Waals surface area contributed by atoms with Crippen LogP contribution in [-0.2, 0) is 19.2 Å². The van der Waals surface area contributed by atoms with Gasteiger partial charge in [0, 0.05) is 11.9 Å². The highest BCUT2D eigenvalue weighted by Gasteiger charge is 2.19. The number of hydrogen-bond donors (Lipinski definition) is 2. The lowest BCUT2D eigenvalue weighted by molar-refractivity contribution is -0.432. The Kier molecular flexibility index (Phi) is 5.70. The molecular weight excluding hydrogens is 304 g/mol. The molecule has 18 heavy (non-hydrogen) atoms. The number of phenols is 1. The minimum atomic E-state index is -3.52. The van der Waals surface area contributed by atoms with Gasteiger partial charge in [0.2, 0.25) is 0 Å². The van der Waals surface area contributed by atoms with E-state index in [-0.39, 0.29) is 27.2 Å². The Balaban J connectivity index is 3.15. The van der Waals surface area contributed by atoms with E-state index in [9.17, 15) is 13.5 Å². The molecule has 0 aromatic heterocycles. The minimum absolute atomic E-state index is 0.00918. The summed E-state index contributed by atoms with van der Waals surface area (Å²) in [4.78, 5) is 0.223. The summed E-state index contributed by atoms with van der Waals surface area (Å²) in [6.07, 6.45) is 0. The molecule has 1 rings (SSSR count). The lowest BCUT2D eigenvalue weighted by atomic mass is 10.2. The highest BCUT2D eigenvalue weighted by Crippen LogP contribution is 2.33. The maximum atomic E-state index is 11.8. The molecular formula is C9H11ClO6S2. The van der Waals surface area contributed by atoms with Gasteiger partial charge in [-0.15, -0.1) is 15.9 Å². The van der Waals surface area contributed by atoms with E-state index in [1.54, 1.807) is 6.92 Å². The number of hydrogen-bond acceptors (Lipinski definition) is 7. The monoisotopic (exact) mass is 314 g/mol. The van der Waals surface area contributed by atoms with Crippen molar-refractivity contribution in [3.8, 4) is 5.75 Å². The van der Waals surface area contributed by atoms with Gasteiger partial charge in [-0.25, -0.2) is 13.7 Å². The molecule has 0 spiro atoms. The van der Waals surface area contributed by atoms with Crippen molar-refractivity contribution in [2.75, 3.05) is 11.6 Å². The van der Waals surface area contributed by atoms with Crippen LogP contribution in [0.5, 0.6) is 5.75 Å². The maximum Gasteiger partial charge on any atom is 0.179 e. The minimum Gasteiger partial charge on any atom is -0.507 e. The predicted molar refractivity (Wildman–Crippen MR) is 66.3 cm³/mol. The number of benzene rings is 1. The number of phenolic OH excluding ortho intramolecular Hbond substituents is 1. The lowest BCUT2D eigenvalue weighted by Crippen LogP contribution is -2.09. The third kappa shape index (κ3) is 3.74. The molecule has 0 amide bonds. The maximum absolute atomic E-state index is 11.8. The topological polar surface area (TPSA) is 93.1 Å². The Hall–Kier alpha value is -0.510. The van der Waals surface area contributed by atoms with Crippen molar-refractivity contribution in [1.82, 2.24) is 0 Å². The molecule has 9 heteroatoms. The second-order valence-electron chi connectivity index (χ2n) is 3.32. The highest BCUT2D eigenvalue weighted by molar-refractivity contribution is 7.94. The summed E-state index contributed by atoms with van der Waals surface area (Å²) >= 11 is 5.97. The van der Waals surface area contributed by atoms with Crippen LogP contribution < -0.4 is 0 Å². The first-order valence-electron chi connectivity index (χ1n) is 4.69. The molecule has 0 unspecified atom stereocenters. The van der Waals surface area contributed by atoms with E-state index in [0.717, 1.165) is 6.07 Å². The van der Waals surface area contributed by atoms with Gasteiger partial charge in [0.1, 0.15) is 5.75 Å². The first-order valence-corrected chi connectivity index (χ1v) is 7.62. The van der Waals surface area contributed by atoms with Crippen molar-refractivity contribution < 1.29 is 28.2 Å². The van der Waals surface area contributed by atoms with Gasteiger partial charge in [0.15, 0.2) is 9.84 Å². The standard InChI is InChI=1S/C9H11ClO6S2/c1-6-4-8(17-16-15-12)7(11)5-9(6)18(13,14)3-2-10/h4-5,11-12H,2-3H2,1H3. The Morgan fingerprint density at radius 2 is 2.11 bits per heavy atom. The molecule has 1 aromatic carbocycles. The van der Waals surface area contributed by atoms with Gasteiger partial charge >= 0.3 is 0 Å². The van der Waals surface area contributed by atoms with Crippen molar-refractivity contribution in [3.05, 3.63) is 17.7 Å². The average molecular weight is 315 g/mol. The molecule has 2 N–H and O–H groups in total. The van der Waals surface area contributed by atoms with Crippen molar-refractivity contribution in [3.63, 3.8) is 0 Å². The van der Waals surface area contributed by atoms with E-state index in [0.29, 0.717) is 17.6 Å². The third-order valence-electron chi connectivity index (χ3n) is 2.09. The average Bonchev–Trinajstić information content (AvgIpc) is 2.29. The molecule has 0 radical (unpaired) electrons. The van der Waals surface area contributed by atoms with E-state index in [1.165, 1.54) is 6.07 Å². The molecule has 102 valence electrons. The fourth-order valence-corrected chi connectivity index (χ4v) is 3.66. The second-order valence-corrected chi connectivity index (χ2v) is 6.52. The first-order chi connectivity index (χ1) is 8.42. The second kappa shape index (κ2) is 6.60. The summed E-state index contributed by atoms with van der Waals surface area (Å²) in [5.41, 5.74) is 0.432. The van der Waals surface area contributed by atoms with Crippen LogP contribution in [0.3, 0.4) is 0 Å². The highest BCUT2D eigenvalue weighted by atomic mass is 35.5. The van der Waals surface area contributed by atoms with Crippen LogP contribution >= 0.6 is 23.6 Å². The number of aryl methyl sites for hydroxylation is 1. The molecule has 6 nitrogen and oxygen atoms in total. The molecule has 0 aliphatic carbocycles. The van der Waals surface area contributed by atoms with Crippen molar-refractivity contribution in [1.29, 1.82) is 0 Å². The molecule has 0 atom stereocenters. The van der Waals surface area contributed by atoms with Gasteiger partial charge < -0.3 is 5.11 Å². The summed E-state index contributed by atoms with van der Waals surface area (Å²) in [6.45, 7) is 1.57. The third-order valence-corrected chi connectivity index (χ3v) is 4.99. The fourth-order valence-electron chi connectivity index (χ4n) is 1.32. The van der Waals surface area contributed by atoms with Gasteiger partial charge in [0.25, 0.3) is 0 Å². The van der Waals surface area contributed by atoms with Gasteiger partial charge in [-0.1, -0.05) is 5.04 Å². The number of sulfone groups is 1. The Bertz CT molecular complexity index is 516. The summed E-state index contributed by atoms with van der Waals surface area (Å²) in [5, 5.41) is 21.0. The molecule has 0 heterocycles. The molecule has 0 aliphatic heterocycles. The van der Waals surface area contributed by atoms with Gasteiger partial charge in [-0.05, 0) is 18.6 Å². The first kappa shape index (κ1) is 15.5. The van der Waals surface area contributed by atoms with Crippen LogP contribution in [0.25, 0.3) is 0 Å². The molecule has 0 saturated heterocycles. The number of aromatic hydroxyl groups is 1. The van der Waals surface area contributed by atoms with E-state index in [1.807, 2.05) is 0 Å². The lowest BCUT2D eigenvalue weighted by Gasteiger charge is -2.09. The zero-order valence-electron chi connectivity index (χ0n) is 9.29. The molecule has 0 bridgehead atoms. The summed E-state index contributed by atoms with van der Waals surface area (Å²) in [7, 11) is -3.52. The summed E-state index contributed by atoms with van der Waals surface area (Å²) in [5.74, 6) is -0.534. The largest absolute Gasteiger partial charge is 0.507 e. The SMILES string of the molecule is Cc1cc(SOOO)c(O)cc1S(=O)(=O)CCCl. The molecule has 0 aliphatic rings. The summed E-state index contributed by atoms with van der Waals surface area (Å²) in [6, 6.07) is 2.51. The van der Waals surface area contributed by atoms with Crippen LogP contribution in [0.1, 0.15) is 5.56 Å². The zero-order chi connectivity index (χ0) is 13.8. The van der Waals surface area contributed by atoms with Gasteiger partial charge in [0.05, 0.1) is 27.6 Å². The Labute approximate surface area is 113 Å². The van der Waals surface area contributed by atoms with Crippen molar-refractivity contribution in [2.45, 2.75) is 16.7 Å². The Morgan fingerprint density at radius 3 is 2.67 bits per heavy atom. The number of halogens is 1. The number of rotatable bonds is 6. The van der Waals surface area contributed by atoms with E-state index >= 15 is 0 Å². The normalized spacial score (nSPS) is 11.7. The quantitative estimate of drug-likeness (QED) is 0.359. The van der Waals surface area contributed by atoms with Crippen molar-refractivity contribution >= 4 is 33.5 Å². The Morgan fingerprint density at radius 1 is 1.44 bits per heavy atom.